The van der Waals surface area contributed by atoms with Gasteiger partial charge in [-0.3, -0.25) is 9.59 Å². The lowest BCUT2D eigenvalue weighted by Crippen LogP contribution is -2.45. The van der Waals surface area contributed by atoms with Crippen molar-refractivity contribution in [3.05, 3.63) is 18.1 Å². The highest BCUT2D eigenvalue weighted by Crippen LogP contribution is 2.26. The van der Waals surface area contributed by atoms with Crippen molar-refractivity contribution in [2.75, 3.05) is 12.3 Å². The number of thioether (sulfide) groups is 1. The average Bonchev–Trinajstić information content (AvgIpc) is 3.13. The van der Waals surface area contributed by atoms with E-state index >= 15 is 0 Å². The summed E-state index contributed by atoms with van der Waals surface area (Å²) in [6, 6.07) is 1.15. The second kappa shape index (κ2) is 7.82. The second-order valence-electron chi connectivity index (χ2n) is 4.74. The molecule has 0 radical (unpaired) electrons. The van der Waals surface area contributed by atoms with Crippen LogP contribution in [0.2, 0.25) is 0 Å². The van der Waals surface area contributed by atoms with Gasteiger partial charge in [-0.1, -0.05) is 11.8 Å². The van der Waals surface area contributed by atoms with Gasteiger partial charge in [-0.25, -0.2) is 0 Å². The predicted octanol–water partition coefficient (Wildman–Crippen LogP) is 1.37. The van der Waals surface area contributed by atoms with Crippen molar-refractivity contribution in [3.8, 4) is 11.5 Å². The van der Waals surface area contributed by atoms with Crippen LogP contribution in [-0.4, -0.2) is 40.4 Å². The van der Waals surface area contributed by atoms with Crippen LogP contribution in [0.15, 0.2) is 26.4 Å². The molecule has 0 aliphatic carbocycles. The third kappa shape index (κ3) is 4.59. The number of likely N-dealkylation sites (N-methyl/N-ethyl adjacent to an activating group) is 1. The molecular formula is C14H18N4O4S. The highest BCUT2D eigenvalue weighted by molar-refractivity contribution is 7.99. The Hall–Kier alpha value is -2.29. The average molecular weight is 338 g/mol. The zero-order valence-electron chi connectivity index (χ0n) is 13.1. The molecule has 2 heterocycles. The van der Waals surface area contributed by atoms with Gasteiger partial charge in [0, 0.05) is 6.54 Å². The van der Waals surface area contributed by atoms with Gasteiger partial charge in [0.2, 0.25) is 11.8 Å². The van der Waals surface area contributed by atoms with Crippen LogP contribution in [0.1, 0.15) is 19.6 Å². The molecule has 23 heavy (non-hydrogen) atoms. The normalized spacial score (nSPS) is 12.0. The zero-order chi connectivity index (χ0) is 16.8. The Morgan fingerprint density at radius 2 is 2.17 bits per heavy atom. The summed E-state index contributed by atoms with van der Waals surface area (Å²) in [6.45, 7) is 5.76. The first-order chi connectivity index (χ1) is 11.0. The number of aryl methyl sites for hydroxylation is 1. The van der Waals surface area contributed by atoms with E-state index in [4.69, 9.17) is 8.83 Å². The molecule has 0 spiro atoms. The molecule has 0 unspecified atom stereocenters. The number of nitrogens with zero attached hydrogens (tertiary/aromatic N) is 2. The minimum atomic E-state index is -0.588. The molecule has 8 nitrogen and oxygen atoms in total. The summed E-state index contributed by atoms with van der Waals surface area (Å²) in [7, 11) is 0. The molecular weight excluding hydrogens is 320 g/mol. The van der Waals surface area contributed by atoms with Crippen LogP contribution in [0.3, 0.4) is 0 Å². The van der Waals surface area contributed by atoms with E-state index in [0.29, 0.717) is 18.2 Å². The maximum Gasteiger partial charge on any atom is 0.277 e. The Morgan fingerprint density at radius 3 is 2.83 bits per heavy atom. The van der Waals surface area contributed by atoms with Crippen molar-refractivity contribution in [2.24, 2.45) is 0 Å². The molecule has 0 aromatic carbocycles. The maximum absolute atomic E-state index is 11.8. The number of aromatic nitrogens is 2. The van der Waals surface area contributed by atoms with E-state index in [1.807, 2.05) is 6.92 Å². The smallest absolute Gasteiger partial charge is 0.277 e. The topological polar surface area (TPSA) is 110 Å². The Balaban J connectivity index is 1.84. The molecule has 1 atom stereocenters. The first kappa shape index (κ1) is 17.1. The minimum Gasteiger partial charge on any atom is -0.469 e. The van der Waals surface area contributed by atoms with E-state index in [0.717, 1.165) is 17.3 Å². The molecule has 2 rings (SSSR count). The third-order valence-corrected chi connectivity index (χ3v) is 3.76. The molecule has 0 aliphatic rings. The van der Waals surface area contributed by atoms with Crippen molar-refractivity contribution >= 4 is 23.6 Å². The van der Waals surface area contributed by atoms with Gasteiger partial charge in [-0.2, -0.15) is 0 Å². The summed E-state index contributed by atoms with van der Waals surface area (Å²) in [5.41, 5.74) is 0.721. The molecule has 2 aromatic heterocycles. The van der Waals surface area contributed by atoms with Gasteiger partial charge in [-0.05, 0) is 26.8 Å². The van der Waals surface area contributed by atoms with Crippen LogP contribution < -0.4 is 10.6 Å². The van der Waals surface area contributed by atoms with Gasteiger partial charge in [0.15, 0.2) is 0 Å². The van der Waals surface area contributed by atoms with Gasteiger partial charge >= 0.3 is 0 Å². The number of rotatable bonds is 7. The Bertz CT molecular complexity index is 682. The summed E-state index contributed by atoms with van der Waals surface area (Å²) < 4.78 is 10.6. The fourth-order valence-electron chi connectivity index (χ4n) is 1.79. The van der Waals surface area contributed by atoms with Crippen molar-refractivity contribution in [1.82, 2.24) is 20.8 Å². The van der Waals surface area contributed by atoms with Crippen LogP contribution in [-0.2, 0) is 9.59 Å². The fraction of sp³-hybridized carbons (Fsp3) is 0.429. The van der Waals surface area contributed by atoms with Crippen molar-refractivity contribution in [3.63, 3.8) is 0 Å². The molecule has 0 bridgehead atoms. The Morgan fingerprint density at radius 1 is 1.39 bits per heavy atom. The van der Waals surface area contributed by atoms with Gasteiger partial charge in [0.05, 0.1) is 17.6 Å². The molecule has 0 aliphatic heterocycles. The first-order valence-electron chi connectivity index (χ1n) is 7.09. The summed E-state index contributed by atoms with van der Waals surface area (Å²) in [5, 5.41) is 13.3. The molecule has 2 aromatic rings. The molecule has 0 fully saturated rings. The number of carbonyl (C=O) groups excluding carboxylic acids is 2. The quantitative estimate of drug-likeness (QED) is 0.734. The molecule has 2 amide bonds. The molecule has 0 saturated carbocycles. The Labute approximate surface area is 137 Å². The minimum absolute atomic E-state index is 0.0791. The SMILES string of the molecule is CCNC(=O)[C@H](C)NC(=O)CSc1nnc(-c2ccoc2C)o1. The summed E-state index contributed by atoms with van der Waals surface area (Å²) >= 11 is 1.10. The Kier molecular flexibility index (Phi) is 5.80. The number of carbonyl (C=O) groups is 2. The van der Waals surface area contributed by atoms with Crippen molar-refractivity contribution < 1.29 is 18.4 Å². The summed E-state index contributed by atoms with van der Waals surface area (Å²) in [5.74, 6) is 0.596. The second-order valence-corrected chi connectivity index (χ2v) is 5.66. The van der Waals surface area contributed by atoms with Crippen molar-refractivity contribution in [2.45, 2.75) is 32.0 Å². The largest absolute Gasteiger partial charge is 0.469 e. The number of furan rings is 1. The highest BCUT2D eigenvalue weighted by atomic mass is 32.2. The fourth-order valence-corrected chi connectivity index (χ4v) is 2.36. The molecule has 2 N–H and O–H groups in total. The van der Waals surface area contributed by atoms with E-state index in [-0.39, 0.29) is 22.8 Å². The van der Waals surface area contributed by atoms with E-state index in [2.05, 4.69) is 20.8 Å². The maximum atomic E-state index is 11.8. The third-order valence-electron chi connectivity index (χ3n) is 2.94. The first-order valence-corrected chi connectivity index (χ1v) is 8.07. The van der Waals surface area contributed by atoms with Gasteiger partial charge < -0.3 is 19.5 Å². The van der Waals surface area contributed by atoms with Crippen LogP contribution >= 0.6 is 11.8 Å². The zero-order valence-corrected chi connectivity index (χ0v) is 13.9. The van der Waals surface area contributed by atoms with Crippen LogP contribution in [0.5, 0.6) is 0 Å². The van der Waals surface area contributed by atoms with Gasteiger partial charge in [-0.15, -0.1) is 10.2 Å². The molecule has 0 saturated heterocycles. The van der Waals surface area contributed by atoms with Crippen molar-refractivity contribution in [1.29, 1.82) is 0 Å². The van der Waals surface area contributed by atoms with Crippen LogP contribution in [0.25, 0.3) is 11.5 Å². The lowest BCUT2D eigenvalue weighted by Gasteiger charge is -2.12. The lowest BCUT2D eigenvalue weighted by atomic mass is 10.3. The highest BCUT2D eigenvalue weighted by Gasteiger charge is 2.17. The van der Waals surface area contributed by atoms with Gasteiger partial charge in [0.1, 0.15) is 11.8 Å². The summed E-state index contributed by atoms with van der Waals surface area (Å²) in [4.78, 5) is 23.3. The monoisotopic (exact) mass is 338 g/mol. The number of hydrogen-bond acceptors (Lipinski definition) is 7. The molecule has 9 heteroatoms. The number of amides is 2. The number of hydrogen-bond donors (Lipinski definition) is 2. The van der Waals surface area contributed by atoms with E-state index < -0.39 is 6.04 Å². The number of nitrogens with one attached hydrogen (secondary N) is 2. The van der Waals surface area contributed by atoms with E-state index in [9.17, 15) is 9.59 Å². The summed E-state index contributed by atoms with van der Waals surface area (Å²) in [6.07, 6.45) is 1.54. The standard InChI is InChI=1S/C14H18N4O4S/c1-4-15-12(20)8(2)16-11(19)7-23-14-18-17-13(22-14)10-5-6-21-9(10)3/h5-6,8H,4,7H2,1-3H3,(H,15,20)(H,16,19)/t8-/m0/s1. The van der Waals surface area contributed by atoms with Gasteiger partial charge in [0.25, 0.3) is 11.1 Å². The van der Waals surface area contributed by atoms with E-state index in [1.165, 1.54) is 6.26 Å². The molecule has 124 valence electrons. The van der Waals surface area contributed by atoms with Crippen LogP contribution in [0, 0.1) is 6.92 Å². The van der Waals surface area contributed by atoms with Crippen LogP contribution in [0.4, 0.5) is 0 Å². The van der Waals surface area contributed by atoms with E-state index in [1.54, 1.807) is 19.9 Å². The predicted molar refractivity (Wildman–Crippen MR) is 83.7 cm³/mol. The lowest BCUT2D eigenvalue weighted by molar-refractivity contribution is -0.127.